The molecule has 0 aliphatic carbocycles. The third kappa shape index (κ3) is 2.90. The Kier molecular flexibility index (Phi) is 5.19. The monoisotopic (exact) mass is 238 g/mol. The van der Waals surface area contributed by atoms with Crippen molar-refractivity contribution in [3.8, 4) is 0 Å². The topological polar surface area (TPSA) is 77.9 Å². The number of hydrogen-bond acceptors (Lipinski definition) is 4. The molecule has 1 rings (SSSR count). The molecule has 1 saturated heterocycles. The van der Waals surface area contributed by atoms with Gasteiger partial charge in [-0.3, -0.25) is 4.79 Å². The van der Waals surface area contributed by atoms with Crippen molar-refractivity contribution in [2.75, 3.05) is 20.1 Å². The molecule has 1 N–H and O–H groups in total. The second-order valence-corrected chi connectivity index (χ2v) is 4.88. The number of aliphatic hydroxyl groups is 1. The molecule has 0 aromatic carbocycles. The number of rotatable bonds is 1. The minimum Gasteiger partial charge on any atom is -0.384 e. The van der Waals surface area contributed by atoms with Crippen LogP contribution in [0, 0.1) is 0 Å². The van der Waals surface area contributed by atoms with Crippen LogP contribution in [0.15, 0.2) is 0 Å². The summed E-state index contributed by atoms with van der Waals surface area (Å²) in [6, 6.07) is 0. The summed E-state index contributed by atoms with van der Waals surface area (Å²) >= 11 is 0. The highest BCUT2D eigenvalue weighted by atomic mass is 32.2. The second-order valence-electron chi connectivity index (χ2n) is 2.92. The van der Waals surface area contributed by atoms with Crippen LogP contribution in [0.4, 0.5) is 0 Å². The van der Waals surface area contributed by atoms with Crippen molar-refractivity contribution in [2.24, 2.45) is 0 Å². The number of aliphatic hydroxyl groups excluding tert-OH is 1. The van der Waals surface area contributed by atoms with Crippen molar-refractivity contribution in [1.29, 1.82) is 0 Å². The van der Waals surface area contributed by atoms with Crippen LogP contribution in [0.5, 0.6) is 0 Å². The highest BCUT2D eigenvalue weighted by molar-refractivity contribution is 7.87. The van der Waals surface area contributed by atoms with Crippen LogP contribution < -0.4 is 0 Å². The summed E-state index contributed by atoms with van der Waals surface area (Å²) in [5.41, 5.74) is 0. The molecule has 0 aromatic heterocycles. The number of amides is 1. The number of nitrogens with zero attached hydrogens (tertiary/aromatic N) is 2. The molecule has 6 nitrogen and oxygen atoms in total. The van der Waals surface area contributed by atoms with E-state index in [1.165, 1.54) is 14.0 Å². The zero-order chi connectivity index (χ0) is 12.2. The summed E-state index contributed by atoms with van der Waals surface area (Å²) in [6.45, 7) is 5.64. The summed E-state index contributed by atoms with van der Waals surface area (Å²) in [5.74, 6) is -0.774. The molecule has 1 aliphatic rings. The first-order chi connectivity index (χ1) is 6.87. The number of carbonyl (C=O) groups is 1. The van der Waals surface area contributed by atoms with Gasteiger partial charge in [0.05, 0.1) is 6.54 Å². The van der Waals surface area contributed by atoms with Crippen LogP contribution in [-0.4, -0.2) is 54.3 Å². The van der Waals surface area contributed by atoms with Gasteiger partial charge in [0.2, 0.25) is 0 Å². The minimum absolute atomic E-state index is 0.114. The van der Waals surface area contributed by atoms with Crippen molar-refractivity contribution in [3.05, 3.63) is 0 Å². The molecule has 1 heterocycles. The molecule has 1 atom stereocenters. The van der Waals surface area contributed by atoms with Crippen molar-refractivity contribution in [1.82, 2.24) is 8.61 Å². The van der Waals surface area contributed by atoms with E-state index in [0.29, 0.717) is 4.31 Å². The molecular formula is C8H18N2O4S. The van der Waals surface area contributed by atoms with E-state index in [-0.39, 0.29) is 13.1 Å². The van der Waals surface area contributed by atoms with Crippen LogP contribution in [0.1, 0.15) is 20.8 Å². The van der Waals surface area contributed by atoms with Crippen LogP contribution in [-0.2, 0) is 15.0 Å². The van der Waals surface area contributed by atoms with Crippen molar-refractivity contribution >= 4 is 16.1 Å². The van der Waals surface area contributed by atoms with Gasteiger partial charge >= 0.3 is 10.2 Å². The normalized spacial score (nSPS) is 21.8. The fraction of sp³-hybridized carbons (Fsp3) is 0.875. The zero-order valence-corrected chi connectivity index (χ0v) is 10.3. The Labute approximate surface area is 90.7 Å². The Morgan fingerprint density at radius 1 is 1.33 bits per heavy atom. The Morgan fingerprint density at radius 2 is 1.80 bits per heavy atom. The first-order valence-corrected chi connectivity index (χ1v) is 6.23. The number of carbonyl (C=O) groups excluding carboxylic acids is 1. The lowest BCUT2D eigenvalue weighted by atomic mass is 10.4. The third-order valence-corrected chi connectivity index (χ3v) is 3.78. The van der Waals surface area contributed by atoms with E-state index in [0.717, 1.165) is 4.31 Å². The molecule has 90 valence electrons. The van der Waals surface area contributed by atoms with Gasteiger partial charge in [-0.25, -0.2) is 4.31 Å². The van der Waals surface area contributed by atoms with E-state index in [2.05, 4.69) is 0 Å². The Hall–Kier alpha value is -0.660. The van der Waals surface area contributed by atoms with Crippen LogP contribution in [0.3, 0.4) is 0 Å². The van der Waals surface area contributed by atoms with Gasteiger partial charge in [0.15, 0.2) is 0 Å². The molecule has 0 saturated carbocycles. The highest BCUT2D eigenvalue weighted by Gasteiger charge is 2.38. The molecule has 1 fully saturated rings. The van der Waals surface area contributed by atoms with Gasteiger partial charge in [-0.2, -0.15) is 12.7 Å². The number of likely N-dealkylation sites (N-methyl/N-ethyl adjacent to an activating group) is 1. The predicted octanol–water partition coefficient (Wildman–Crippen LogP) is -0.588. The zero-order valence-electron chi connectivity index (χ0n) is 9.47. The Morgan fingerprint density at radius 3 is 2.07 bits per heavy atom. The molecule has 0 bridgehead atoms. The minimum atomic E-state index is -3.65. The van der Waals surface area contributed by atoms with Gasteiger partial charge < -0.3 is 5.11 Å². The van der Waals surface area contributed by atoms with Crippen LogP contribution in [0.2, 0.25) is 0 Å². The van der Waals surface area contributed by atoms with Crippen molar-refractivity contribution < 1.29 is 18.3 Å². The largest absolute Gasteiger partial charge is 0.384 e. The molecule has 7 heteroatoms. The lowest BCUT2D eigenvalue weighted by molar-refractivity contribution is -0.133. The Balaban J connectivity index is 0.000000921. The SMILES string of the molecule is CC.CC(O)C(=O)N1CCN(C)S1(=O)=O. The van der Waals surface area contributed by atoms with Crippen LogP contribution in [0.25, 0.3) is 0 Å². The summed E-state index contributed by atoms with van der Waals surface area (Å²) in [7, 11) is -2.26. The van der Waals surface area contributed by atoms with Gasteiger partial charge in [-0.15, -0.1) is 0 Å². The first-order valence-electron chi connectivity index (χ1n) is 4.83. The molecule has 15 heavy (non-hydrogen) atoms. The van der Waals surface area contributed by atoms with Crippen LogP contribution >= 0.6 is 0 Å². The average molecular weight is 238 g/mol. The molecule has 0 radical (unpaired) electrons. The molecule has 1 amide bonds. The lowest BCUT2D eigenvalue weighted by Gasteiger charge is -2.17. The molecule has 0 aromatic rings. The molecular weight excluding hydrogens is 220 g/mol. The lowest BCUT2D eigenvalue weighted by Crippen LogP contribution is -2.40. The number of hydrogen-bond donors (Lipinski definition) is 1. The maximum absolute atomic E-state index is 11.4. The van der Waals surface area contributed by atoms with Gasteiger partial charge in [-0.1, -0.05) is 13.8 Å². The predicted molar refractivity (Wildman–Crippen MR) is 56.3 cm³/mol. The maximum atomic E-state index is 11.4. The summed E-state index contributed by atoms with van der Waals surface area (Å²) < 4.78 is 24.5. The van der Waals surface area contributed by atoms with Gasteiger partial charge in [0.25, 0.3) is 5.91 Å². The van der Waals surface area contributed by atoms with E-state index in [4.69, 9.17) is 5.11 Å². The summed E-state index contributed by atoms with van der Waals surface area (Å²) in [6.07, 6.45) is -1.28. The molecule has 0 spiro atoms. The fourth-order valence-electron chi connectivity index (χ4n) is 1.06. The highest BCUT2D eigenvalue weighted by Crippen LogP contribution is 2.14. The van der Waals surface area contributed by atoms with E-state index >= 15 is 0 Å². The second kappa shape index (κ2) is 5.43. The Bertz CT molecular complexity index is 313. The fourth-order valence-corrected chi connectivity index (χ4v) is 2.40. The van der Waals surface area contributed by atoms with Gasteiger partial charge in [0.1, 0.15) is 6.10 Å². The van der Waals surface area contributed by atoms with E-state index < -0.39 is 22.2 Å². The quantitative estimate of drug-likeness (QED) is 0.662. The van der Waals surface area contributed by atoms with Crippen molar-refractivity contribution in [2.45, 2.75) is 26.9 Å². The smallest absolute Gasteiger partial charge is 0.306 e. The van der Waals surface area contributed by atoms with Gasteiger partial charge in [-0.05, 0) is 6.92 Å². The van der Waals surface area contributed by atoms with E-state index in [9.17, 15) is 13.2 Å². The average Bonchev–Trinajstić information content (AvgIpc) is 2.44. The molecule has 1 aliphatic heterocycles. The summed E-state index contributed by atoms with van der Waals surface area (Å²) in [5, 5.41) is 8.93. The third-order valence-electron chi connectivity index (χ3n) is 1.89. The van der Waals surface area contributed by atoms with E-state index in [1.807, 2.05) is 13.8 Å². The first kappa shape index (κ1) is 14.3. The van der Waals surface area contributed by atoms with Crippen molar-refractivity contribution in [3.63, 3.8) is 0 Å². The van der Waals surface area contributed by atoms with Gasteiger partial charge in [0, 0.05) is 13.6 Å². The summed E-state index contributed by atoms with van der Waals surface area (Å²) in [4.78, 5) is 11.2. The molecule has 1 unspecified atom stereocenters. The standard InChI is InChI=1S/C6H12N2O4S.C2H6/c1-5(9)6(10)8-4-3-7(2)13(8,11)12;1-2/h5,9H,3-4H2,1-2H3;1-2H3. The van der Waals surface area contributed by atoms with E-state index in [1.54, 1.807) is 0 Å². The maximum Gasteiger partial charge on any atom is 0.306 e.